The minimum Gasteiger partial charge on any atom is -0.497 e. The number of hydrogen-bond acceptors (Lipinski definition) is 4. The van der Waals surface area contributed by atoms with E-state index in [9.17, 15) is 9.59 Å². The maximum Gasteiger partial charge on any atom is 0.336 e. The Bertz CT molecular complexity index is 959. The zero-order valence-corrected chi connectivity index (χ0v) is 13.5. The highest BCUT2D eigenvalue weighted by Gasteiger charge is 2.10. The van der Waals surface area contributed by atoms with Crippen LogP contribution in [-0.4, -0.2) is 13.0 Å². The van der Waals surface area contributed by atoms with Gasteiger partial charge < -0.3 is 14.5 Å². The van der Waals surface area contributed by atoms with Crippen molar-refractivity contribution in [3.05, 3.63) is 75.6 Å². The summed E-state index contributed by atoms with van der Waals surface area (Å²) in [5.41, 5.74) is 2.35. The van der Waals surface area contributed by atoms with Crippen molar-refractivity contribution in [2.45, 2.75) is 13.5 Å². The number of ether oxygens (including phenoxy) is 1. The third kappa shape index (κ3) is 3.30. The quantitative estimate of drug-likeness (QED) is 0.749. The van der Waals surface area contributed by atoms with Gasteiger partial charge in [0.1, 0.15) is 11.3 Å². The van der Waals surface area contributed by atoms with E-state index in [-0.39, 0.29) is 12.5 Å². The molecule has 24 heavy (non-hydrogen) atoms. The molecule has 5 heteroatoms. The summed E-state index contributed by atoms with van der Waals surface area (Å²) in [6.07, 6.45) is 0. The number of carbonyl (C=O) groups excluding carboxylic acids is 1. The van der Waals surface area contributed by atoms with Crippen molar-refractivity contribution < 1.29 is 13.9 Å². The molecule has 0 saturated carbocycles. The zero-order chi connectivity index (χ0) is 17.1. The summed E-state index contributed by atoms with van der Waals surface area (Å²) >= 11 is 0. The monoisotopic (exact) mass is 323 g/mol. The second kappa shape index (κ2) is 6.58. The first-order valence-corrected chi connectivity index (χ1v) is 7.52. The van der Waals surface area contributed by atoms with Gasteiger partial charge in [0.25, 0.3) is 5.91 Å². The molecule has 0 unspecified atom stereocenters. The number of rotatable bonds is 4. The third-order valence-electron chi connectivity index (χ3n) is 3.75. The van der Waals surface area contributed by atoms with E-state index < -0.39 is 5.63 Å². The molecule has 122 valence electrons. The summed E-state index contributed by atoms with van der Waals surface area (Å²) in [7, 11) is 1.55. The predicted octanol–water partition coefficient (Wildman–Crippen LogP) is 3.04. The van der Waals surface area contributed by atoms with Gasteiger partial charge in [0.05, 0.1) is 7.11 Å². The van der Waals surface area contributed by atoms with Crippen LogP contribution in [0.4, 0.5) is 0 Å². The first-order chi connectivity index (χ1) is 11.6. The van der Waals surface area contributed by atoms with Crippen LogP contribution >= 0.6 is 0 Å². The summed E-state index contributed by atoms with van der Waals surface area (Å²) in [5, 5.41) is 3.65. The summed E-state index contributed by atoms with van der Waals surface area (Å²) in [5.74, 6) is 0.382. The number of fused-ring (bicyclic) bond motifs is 1. The molecule has 1 N–H and O–H groups in total. The number of nitrogens with one attached hydrogen (secondary N) is 1. The average Bonchev–Trinajstić information content (AvgIpc) is 2.59. The molecule has 0 fully saturated rings. The molecule has 0 spiro atoms. The van der Waals surface area contributed by atoms with E-state index in [1.165, 1.54) is 6.07 Å². The largest absolute Gasteiger partial charge is 0.497 e. The highest BCUT2D eigenvalue weighted by Crippen LogP contribution is 2.19. The standard InChI is InChI=1S/C19H17NO4/c1-12-6-7-17-16(8-12)14(10-18(21)24-17)11-20-19(22)13-4-3-5-15(9-13)23-2/h3-10H,11H2,1-2H3,(H,20,22). The van der Waals surface area contributed by atoms with Crippen molar-refractivity contribution >= 4 is 16.9 Å². The molecule has 0 atom stereocenters. The lowest BCUT2D eigenvalue weighted by Gasteiger charge is -2.09. The molecular weight excluding hydrogens is 306 g/mol. The van der Waals surface area contributed by atoms with Gasteiger partial charge >= 0.3 is 5.63 Å². The molecule has 3 aromatic rings. The Balaban J connectivity index is 1.86. The van der Waals surface area contributed by atoms with E-state index >= 15 is 0 Å². The highest BCUT2D eigenvalue weighted by atomic mass is 16.5. The van der Waals surface area contributed by atoms with Crippen LogP contribution in [0, 0.1) is 6.92 Å². The van der Waals surface area contributed by atoms with Crippen molar-refractivity contribution in [1.29, 1.82) is 0 Å². The summed E-state index contributed by atoms with van der Waals surface area (Å²) in [4.78, 5) is 24.0. The van der Waals surface area contributed by atoms with E-state index in [1.54, 1.807) is 37.4 Å². The summed E-state index contributed by atoms with van der Waals surface area (Å²) < 4.78 is 10.3. The Kier molecular flexibility index (Phi) is 4.33. The van der Waals surface area contributed by atoms with Crippen LogP contribution in [-0.2, 0) is 6.54 Å². The van der Waals surface area contributed by atoms with Crippen molar-refractivity contribution in [3.8, 4) is 5.75 Å². The van der Waals surface area contributed by atoms with Crippen LogP contribution in [0.5, 0.6) is 5.75 Å². The minimum atomic E-state index is -0.433. The van der Waals surface area contributed by atoms with Gasteiger partial charge in [-0.2, -0.15) is 0 Å². The first-order valence-electron chi connectivity index (χ1n) is 7.52. The molecule has 1 aromatic heterocycles. The lowest BCUT2D eigenvalue weighted by molar-refractivity contribution is 0.0950. The van der Waals surface area contributed by atoms with Gasteiger partial charge in [-0.15, -0.1) is 0 Å². The molecule has 0 aliphatic heterocycles. The van der Waals surface area contributed by atoms with Gasteiger partial charge in [-0.25, -0.2) is 4.79 Å². The third-order valence-corrected chi connectivity index (χ3v) is 3.75. The minimum absolute atomic E-state index is 0.233. The Morgan fingerprint density at radius 2 is 2.00 bits per heavy atom. The van der Waals surface area contributed by atoms with Crippen molar-refractivity contribution in [3.63, 3.8) is 0 Å². The summed E-state index contributed by atoms with van der Waals surface area (Å²) in [6, 6.07) is 13.9. The number of benzene rings is 2. The van der Waals surface area contributed by atoms with E-state index in [2.05, 4.69) is 5.32 Å². The normalized spacial score (nSPS) is 10.6. The molecule has 1 amide bonds. The molecule has 0 bridgehead atoms. The Labute approximate surface area is 138 Å². The van der Waals surface area contributed by atoms with Crippen LogP contribution in [0.15, 0.2) is 57.7 Å². The van der Waals surface area contributed by atoms with Crippen LogP contribution in [0.1, 0.15) is 21.5 Å². The topological polar surface area (TPSA) is 68.5 Å². The lowest BCUT2D eigenvalue weighted by Crippen LogP contribution is -2.23. The second-order valence-corrected chi connectivity index (χ2v) is 5.50. The van der Waals surface area contributed by atoms with Crippen LogP contribution < -0.4 is 15.7 Å². The van der Waals surface area contributed by atoms with Gasteiger partial charge in [0.2, 0.25) is 0 Å². The number of hydrogen-bond donors (Lipinski definition) is 1. The highest BCUT2D eigenvalue weighted by molar-refractivity contribution is 5.94. The number of amides is 1. The van der Waals surface area contributed by atoms with Gasteiger partial charge in [-0.3, -0.25) is 4.79 Å². The van der Waals surface area contributed by atoms with Gasteiger partial charge in [0, 0.05) is 23.6 Å². The van der Waals surface area contributed by atoms with E-state index in [1.807, 2.05) is 19.1 Å². The van der Waals surface area contributed by atoms with Crippen LogP contribution in [0.25, 0.3) is 11.0 Å². The molecular formula is C19H17NO4. The number of carbonyl (C=O) groups is 1. The van der Waals surface area contributed by atoms with Crippen LogP contribution in [0.3, 0.4) is 0 Å². The Morgan fingerprint density at radius 1 is 1.17 bits per heavy atom. The fourth-order valence-corrected chi connectivity index (χ4v) is 2.53. The number of methoxy groups -OCH3 is 1. The van der Waals surface area contributed by atoms with Gasteiger partial charge in [-0.05, 0) is 42.8 Å². The van der Waals surface area contributed by atoms with Crippen LogP contribution in [0.2, 0.25) is 0 Å². The SMILES string of the molecule is COc1cccc(C(=O)NCc2cc(=O)oc3ccc(C)cc23)c1. The maximum atomic E-state index is 12.3. The predicted molar refractivity (Wildman–Crippen MR) is 91.4 cm³/mol. The Morgan fingerprint density at radius 3 is 2.79 bits per heavy atom. The van der Waals surface area contributed by atoms with E-state index in [0.717, 1.165) is 16.5 Å². The molecule has 0 radical (unpaired) electrons. The van der Waals surface area contributed by atoms with Crippen molar-refractivity contribution in [1.82, 2.24) is 5.32 Å². The fourth-order valence-electron chi connectivity index (χ4n) is 2.53. The molecule has 0 aliphatic rings. The Hall–Kier alpha value is -3.08. The van der Waals surface area contributed by atoms with Crippen molar-refractivity contribution in [2.24, 2.45) is 0 Å². The first kappa shape index (κ1) is 15.8. The average molecular weight is 323 g/mol. The molecule has 2 aromatic carbocycles. The lowest BCUT2D eigenvalue weighted by atomic mass is 10.1. The van der Waals surface area contributed by atoms with E-state index in [0.29, 0.717) is 16.9 Å². The molecule has 5 nitrogen and oxygen atoms in total. The van der Waals surface area contributed by atoms with Gasteiger partial charge in [0.15, 0.2) is 0 Å². The van der Waals surface area contributed by atoms with Crippen molar-refractivity contribution in [2.75, 3.05) is 7.11 Å². The molecule has 0 saturated heterocycles. The maximum absolute atomic E-state index is 12.3. The summed E-state index contributed by atoms with van der Waals surface area (Å²) in [6.45, 7) is 2.20. The zero-order valence-electron chi connectivity index (χ0n) is 13.5. The molecule has 0 aliphatic carbocycles. The molecule has 1 heterocycles. The second-order valence-electron chi connectivity index (χ2n) is 5.50. The van der Waals surface area contributed by atoms with E-state index in [4.69, 9.17) is 9.15 Å². The fraction of sp³-hybridized carbons (Fsp3) is 0.158. The number of aryl methyl sites for hydroxylation is 1. The smallest absolute Gasteiger partial charge is 0.336 e. The molecule has 3 rings (SSSR count). The van der Waals surface area contributed by atoms with Gasteiger partial charge in [-0.1, -0.05) is 17.7 Å².